The summed E-state index contributed by atoms with van der Waals surface area (Å²) >= 11 is 1.52. The van der Waals surface area contributed by atoms with Gasteiger partial charge in [0.2, 0.25) is 16.0 Å². The van der Waals surface area contributed by atoms with E-state index in [2.05, 4.69) is 30.3 Å². The van der Waals surface area contributed by atoms with Crippen LogP contribution in [0.1, 0.15) is 26.5 Å². The Kier molecular flexibility index (Phi) is 6.90. The van der Waals surface area contributed by atoms with Crippen LogP contribution >= 0.6 is 11.3 Å². The monoisotopic (exact) mass is 462 g/mol. The third-order valence-electron chi connectivity index (χ3n) is 4.22. The zero-order valence-electron chi connectivity index (χ0n) is 17.8. The second-order valence-electron chi connectivity index (χ2n) is 7.53. The summed E-state index contributed by atoms with van der Waals surface area (Å²) in [6.45, 7) is 7.61. The van der Waals surface area contributed by atoms with Crippen molar-refractivity contribution in [2.45, 2.75) is 38.1 Å². The van der Waals surface area contributed by atoms with Crippen molar-refractivity contribution in [3.05, 3.63) is 42.2 Å². The molecule has 0 aliphatic heterocycles. The lowest BCUT2D eigenvalue weighted by Crippen LogP contribution is -2.46. The number of benzene rings is 1. The van der Waals surface area contributed by atoms with Crippen molar-refractivity contribution in [3.63, 3.8) is 0 Å². The second kappa shape index (κ2) is 9.27. The number of aryl methyl sites for hydroxylation is 1. The smallest absolute Gasteiger partial charge is 0.241 e. The molecule has 0 amide bonds. The van der Waals surface area contributed by atoms with Gasteiger partial charge in [-0.25, -0.2) is 28.1 Å². The molecular formula is C20H26N6O3S2. The number of aliphatic hydroxyl groups is 1. The average molecular weight is 463 g/mol. The van der Waals surface area contributed by atoms with E-state index in [0.717, 1.165) is 27.9 Å². The van der Waals surface area contributed by atoms with Crippen LogP contribution < -0.4 is 15.4 Å². The lowest BCUT2D eigenvalue weighted by atomic mass is 10.1. The van der Waals surface area contributed by atoms with E-state index in [9.17, 15) is 13.5 Å². The molecule has 0 saturated heterocycles. The molecule has 2 aromatic heterocycles. The Morgan fingerprint density at radius 2 is 1.97 bits per heavy atom. The summed E-state index contributed by atoms with van der Waals surface area (Å²) in [5.41, 5.74) is 1.15. The quantitative estimate of drug-likeness (QED) is 0.382. The van der Waals surface area contributed by atoms with Gasteiger partial charge >= 0.3 is 0 Å². The van der Waals surface area contributed by atoms with Crippen LogP contribution in [-0.4, -0.2) is 47.2 Å². The zero-order chi connectivity index (χ0) is 22.6. The SMILES string of the molecule is CCNc1nc(C)c(-c2ccnc(Nc3cccc(S(=O)(=O)NC(C)(C)CO)c3)n2)s1. The standard InChI is InChI=1S/C20H26N6O3S2/c1-5-21-19-23-13(2)17(30-19)16-9-10-22-18(25-16)24-14-7-6-8-15(11-14)31(28,29)26-20(3,4)12-27/h6-11,26-27H,5,12H2,1-4H3,(H,21,23)(H,22,24,25). The van der Waals surface area contributed by atoms with Gasteiger partial charge in [0.15, 0.2) is 5.13 Å². The number of thiazole rings is 1. The number of rotatable bonds is 9. The number of sulfonamides is 1. The Morgan fingerprint density at radius 1 is 1.19 bits per heavy atom. The molecule has 4 N–H and O–H groups in total. The topological polar surface area (TPSA) is 129 Å². The van der Waals surface area contributed by atoms with E-state index in [1.165, 1.54) is 23.5 Å². The predicted octanol–water partition coefficient (Wildman–Crippen LogP) is 3.13. The van der Waals surface area contributed by atoms with Crippen LogP contribution in [0.2, 0.25) is 0 Å². The van der Waals surface area contributed by atoms with Crippen LogP contribution in [0.5, 0.6) is 0 Å². The van der Waals surface area contributed by atoms with E-state index < -0.39 is 15.6 Å². The Bertz CT molecular complexity index is 1160. The number of nitrogens with zero attached hydrogens (tertiary/aromatic N) is 3. The predicted molar refractivity (Wildman–Crippen MR) is 123 cm³/mol. The number of hydrogen-bond donors (Lipinski definition) is 4. The van der Waals surface area contributed by atoms with E-state index in [1.54, 1.807) is 32.2 Å². The summed E-state index contributed by atoms with van der Waals surface area (Å²) in [4.78, 5) is 14.3. The van der Waals surface area contributed by atoms with E-state index in [0.29, 0.717) is 11.6 Å². The Labute approximate surface area is 186 Å². The Morgan fingerprint density at radius 3 is 2.68 bits per heavy atom. The maximum absolute atomic E-state index is 12.7. The first-order chi connectivity index (χ1) is 14.6. The van der Waals surface area contributed by atoms with Crippen LogP contribution in [0.25, 0.3) is 10.6 Å². The van der Waals surface area contributed by atoms with Gasteiger partial charge in [0, 0.05) is 18.4 Å². The second-order valence-corrected chi connectivity index (χ2v) is 10.2. The summed E-state index contributed by atoms with van der Waals surface area (Å²) in [7, 11) is -3.81. The highest BCUT2D eigenvalue weighted by Gasteiger charge is 2.25. The number of anilines is 3. The molecule has 11 heteroatoms. The molecule has 0 spiro atoms. The molecule has 0 fully saturated rings. The molecular weight excluding hydrogens is 436 g/mol. The fourth-order valence-corrected chi connectivity index (χ4v) is 5.19. The molecule has 0 aliphatic carbocycles. The Balaban J connectivity index is 1.84. The van der Waals surface area contributed by atoms with Crippen molar-refractivity contribution in [2.75, 3.05) is 23.8 Å². The fraction of sp³-hybridized carbons (Fsp3) is 0.350. The first-order valence-corrected chi connectivity index (χ1v) is 12.0. The number of nitrogens with one attached hydrogen (secondary N) is 3. The largest absolute Gasteiger partial charge is 0.394 e. The van der Waals surface area contributed by atoms with Crippen LogP contribution in [0.4, 0.5) is 16.8 Å². The summed E-state index contributed by atoms with van der Waals surface area (Å²) in [5.74, 6) is 0.341. The highest BCUT2D eigenvalue weighted by Crippen LogP contribution is 2.32. The Hall–Kier alpha value is -2.60. The minimum absolute atomic E-state index is 0.0729. The maximum Gasteiger partial charge on any atom is 0.241 e. The summed E-state index contributed by atoms with van der Waals surface area (Å²) in [5, 5.41) is 16.5. The van der Waals surface area contributed by atoms with Crippen molar-refractivity contribution in [2.24, 2.45) is 0 Å². The fourth-order valence-electron chi connectivity index (χ4n) is 2.73. The molecule has 3 rings (SSSR count). The van der Waals surface area contributed by atoms with Crippen LogP contribution in [-0.2, 0) is 10.0 Å². The minimum Gasteiger partial charge on any atom is -0.394 e. The lowest BCUT2D eigenvalue weighted by molar-refractivity contribution is 0.208. The van der Waals surface area contributed by atoms with Gasteiger partial charge in [0.1, 0.15) is 0 Å². The van der Waals surface area contributed by atoms with Gasteiger partial charge in [-0.2, -0.15) is 0 Å². The van der Waals surface area contributed by atoms with E-state index >= 15 is 0 Å². The highest BCUT2D eigenvalue weighted by molar-refractivity contribution is 7.89. The third-order valence-corrected chi connectivity index (χ3v) is 7.05. The molecule has 2 heterocycles. The van der Waals surface area contributed by atoms with Crippen molar-refractivity contribution in [3.8, 4) is 10.6 Å². The first kappa shape index (κ1) is 23.1. The molecule has 0 aliphatic rings. The van der Waals surface area contributed by atoms with Gasteiger partial charge in [-0.05, 0) is 52.0 Å². The van der Waals surface area contributed by atoms with Gasteiger partial charge in [0.25, 0.3) is 0 Å². The van der Waals surface area contributed by atoms with E-state index in [-0.39, 0.29) is 11.5 Å². The molecule has 0 bridgehead atoms. The van der Waals surface area contributed by atoms with Gasteiger partial charge < -0.3 is 15.7 Å². The van der Waals surface area contributed by atoms with Crippen molar-refractivity contribution in [1.29, 1.82) is 0 Å². The minimum atomic E-state index is -3.81. The highest BCUT2D eigenvalue weighted by atomic mass is 32.2. The maximum atomic E-state index is 12.7. The van der Waals surface area contributed by atoms with Crippen molar-refractivity contribution < 1.29 is 13.5 Å². The normalized spacial score (nSPS) is 12.0. The number of aliphatic hydroxyl groups excluding tert-OH is 1. The summed E-state index contributed by atoms with van der Waals surface area (Å²) < 4.78 is 27.8. The molecule has 9 nitrogen and oxygen atoms in total. The van der Waals surface area contributed by atoms with Crippen molar-refractivity contribution in [1.82, 2.24) is 19.7 Å². The lowest BCUT2D eigenvalue weighted by Gasteiger charge is -2.23. The van der Waals surface area contributed by atoms with Crippen LogP contribution in [0.3, 0.4) is 0 Å². The molecule has 0 unspecified atom stereocenters. The van der Waals surface area contributed by atoms with E-state index in [4.69, 9.17) is 0 Å². The molecule has 31 heavy (non-hydrogen) atoms. The van der Waals surface area contributed by atoms with Crippen molar-refractivity contribution >= 4 is 38.1 Å². The zero-order valence-corrected chi connectivity index (χ0v) is 19.4. The van der Waals surface area contributed by atoms with Crippen LogP contribution in [0, 0.1) is 6.92 Å². The molecule has 0 atom stereocenters. The molecule has 0 radical (unpaired) electrons. The summed E-state index contributed by atoms with van der Waals surface area (Å²) in [6, 6.07) is 8.15. The molecule has 1 aromatic carbocycles. The molecule has 0 saturated carbocycles. The third kappa shape index (κ3) is 5.76. The molecule has 166 valence electrons. The number of hydrogen-bond acceptors (Lipinski definition) is 9. The van der Waals surface area contributed by atoms with E-state index in [1.807, 2.05) is 19.9 Å². The van der Waals surface area contributed by atoms with Gasteiger partial charge in [-0.1, -0.05) is 17.4 Å². The van der Waals surface area contributed by atoms with Gasteiger partial charge in [-0.15, -0.1) is 0 Å². The number of aromatic nitrogens is 3. The van der Waals surface area contributed by atoms with Gasteiger partial charge in [0.05, 0.1) is 33.3 Å². The van der Waals surface area contributed by atoms with Gasteiger partial charge in [-0.3, -0.25) is 0 Å². The first-order valence-electron chi connectivity index (χ1n) is 9.70. The average Bonchev–Trinajstić information content (AvgIpc) is 3.08. The van der Waals surface area contributed by atoms with Crippen LogP contribution in [0.15, 0.2) is 41.4 Å². The summed E-state index contributed by atoms with van der Waals surface area (Å²) in [6.07, 6.45) is 1.64. The molecule has 3 aromatic rings.